The van der Waals surface area contributed by atoms with Crippen LogP contribution in [-0.2, 0) is 10.0 Å². The van der Waals surface area contributed by atoms with Crippen molar-refractivity contribution in [3.05, 3.63) is 66.2 Å². The summed E-state index contributed by atoms with van der Waals surface area (Å²) in [6.45, 7) is 1.99. The number of fused-ring (bicyclic) bond motifs is 2. The first-order valence-electron chi connectivity index (χ1n) is 7.94. The molecule has 0 fully saturated rings. The van der Waals surface area contributed by atoms with Gasteiger partial charge in [-0.25, -0.2) is 13.1 Å². The number of hydrogen-bond donors (Lipinski definition) is 1. The van der Waals surface area contributed by atoms with Gasteiger partial charge in [-0.05, 0) is 47.5 Å². The van der Waals surface area contributed by atoms with Crippen molar-refractivity contribution >= 4 is 20.8 Å². The van der Waals surface area contributed by atoms with Crippen molar-refractivity contribution < 1.29 is 17.9 Å². The van der Waals surface area contributed by atoms with Crippen LogP contribution in [0.3, 0.4) is 0 Å². The van der Waals surface area contributed by atoms with Crippen LogP contribution in [0.4, 0.5) is 0 Å². The molecular weight excluding hydrogens is 338 g/mol. The second-order valence-electron chi connectivity index (χ2n) is 5.96. The quantitative estimate of drug-likeness (QED) is 0.776. The Morgan fingerprint density at radius 3 is 2.52 bits per heavy atom. The van der Waals surface area contributed by atoms with Crippen LogP contribution in [0.5, 0.6) is 11.5 Å². The van der Waals surface area contributed by atoms with E-state index in [2.05, 4.69) is 4.72 Å². The van der Waals surface area contributed by atoms with Gasteiger partial charge in [-0.2, -0.15) is 0 Å². The molecule has 4 rings (SSSR count). The third kappa shape index (κ3) is 3.06. The minimum Gasteiger partial charge on any atom is -0.454 e. The highest BCUT2D eigenvalue weighted by atomic mass is 32.2. The molecule has 0 spiro atoms. The van der Waals surface area contributed by atoms with Gasteiger partial charge in [0.2, 0.25) is 16.8 Å². The highest BCUT2D eigenvalue weighted by molar-refractivity contribution is 7.89. The van der Waals surface area contributed by atoms with E-state index in [1.165, 1.54) is 0 Å². The van der Waals surface area contributed by atoms with E-state index in [4.69, 9.17) is 9.47 Å². The largest absolute Gasteiger partial charge is 0.454 e. The van der Waals surface area contributed by atoms with Crippen molar-refractivity contribution in [2.75, 3.05) is 6.79 Å². The van der Waals surface area contributed by atoms with Crippen molar-refractivity contribution in [1.82, 2.24) is 4.72 Å². The van der Waals surface area contributed by atoms with E-state index >= 15 is 0 Å². The second kappa shape index (κ2) is 6.06. The molecule has 0 aliphatic carbocycles. The predicted octanol–water partition coefficient (Wildman–Crippen LogP) is 3.61. The van der Waals surface area contributed by atoms with Crippen molar-refractivity contribution in [3.63, 3.8) is 0 Å². The minimum absolute atomic E-state index is 0.190. The number of sulfonamides is 1. The molecule has 5 nitrogen and oxygen atoms in total. The van der Waals surface area contributed by atoms with Crippen LogP contribution >= 0.6 is 0 Å². The van der Waals surface area contributed by atoms with Crippen LogP contribution in [0.1, 0.15) is 18.5 Å². The van der Waals surface area contributed by atoms with Crippen molar-refractivity contribution in [1.29, 1.82) is 0 Å². The summed E-state index contributed by atoms with van der Waals surface area (Å²) in [5, 5.41) is 1.89. The number of ether oxygens (including phenoxy) is 2. The van der Waals surface area contributed by atoms with Gasteiger partial charge in [0.1, 0.15) is 0 Å². The molecule has 6 heteroatoms. The van der Waals surface area contributed by atoms with E-state index in [-0.39, 0.29) is 11.7 Å². The zero-order valence-electron chi connectivity index (χ0n) is 13.6. The lowest BCUT2D eigenvalue weighted by atomic mass is 10.1. The Morgan fingerprint density at radius 1 is 0.920 bits per heavy atom. The average molecular weight is 355 g/mol. The molecule has 1 aliphatic rings. The molecule has 0 bridgehead atoms. The number of hydrogen-bond acceptors (Lipinski definition) is 4. The molecule has 0 unspecified atom stereocenters. The maximum Gasteiger partial charge on any atom is 0.241 e. The molecule has 0 saturated carbocycles. The van der Waals surface area contributed by atoms with E-state index in [1.807, 2.05) is 36.4 Å². The molecule has 0 radical (unpaired) electrons. The molecule has 1 heterocycles. The summed E-state index contributed by atoms with van der Waals surface area (Å²) in [4.78, 5) is 0.249. The zero-order chi connectivity index (χ0) is 17.4. The highest BCUT2D eigenvalue weighted by Crippen LogP contribution is 2.34. The number of benzene rings is 3. The second-order valence-corrected chi connectivity index (χ2v) is 7.68. The Balaban J connectivity index is 1.61. The third-order valence-electron chi connectivity index (χ3n) is 4.26. The van der Waals surface area contributed by atoms with Crippen LogP contribution < -0.4 is 14.2 Å². The molecule has 1 atom stereocenters. The summed E-state index contributed by atoms with van der Waals surface area (Å²) in [7, 11) is -3.64. The summed E-state index contributed by atoms with van der Waals surface area (Å²) < 4.78 is 38.8. The monoisotopic (exact) mass is 355 g/mol. The fourth-order valence-electron chi connectivity index (χ4n) is 2.89. The third-order valence-corrected chi connectivity index (χ3v) is 5.80. The van der Waals surface area contributed by atoms with E-state index in [9.17, 15) is 8.42 Å². The molecule has 3 aromatic rings. The molecule has 1 N–H and O–H groups in total. The molecular formula is C19H17NO4S. The van der Waals surface area contributed by atoms with E-state index < -0.39 is 16.1 Å². The maximum absolute atomic E-state index is 12.7. The van der Waals surface area contributed by atoms with E-state index in [1.54, 1.807) is 31.2 Å². The summed E-state index contributed by atoms with van der Waals surface area (Å²) in [5.41, 5.74) is 0.814. The average Bonchev–Trinajstić information content (AvgIpc) is 3.08. The van der Waals surface area contributed by atoms with Crippen LogP contribution in [-0.4, -0.2) is 15.2 Å². The van der Waals surface area contributed by atoms with Crippen molar-refractivity contribution in [3.8, 4) is 11.5 Å². The van der Waals surface area contributed by atoms with Gasteiger partial charge in [0.25, 0.3) is 0 Å². The molecule has 3 aromatic carbocycles. The Labute approximate surface area is 146 Å². The topological polar surface area (TPSA) is 64.6 Å². The lowest BCUT2D eigenvalue weighted by Gasteiger charge is -2.15. The van der Waals surface area contributed by atoms with Crippen molar-refractivity contribution in [2.24, 2.45) is 0 Å². The number of nitrogens with one attached hydrogen (secondary N) is 1. The smallest absolute Gasteiger partial charge is 0.241 e. The Kier molecular flexibility index (Phi) is 3.86. The zero-order valence-corrected chi connectivity index (χ0v) is 14.4. The molecule has 128 valence electrons. The lowest BCUT2D eigenvalue weighted by molar-refractivity contribution is 0.174. The van der Waals surface area contributed by atoms with Gasteiger partial charge in [-0.15, -0.1) is 0 Å². The van der Waals surface area contributed by atoms with Gasteiger partial charge in [0.05, 0.1) is 4.90 Å². The summed E-state index contributed by atoms with van der Waals surface area (Å²) >= 11 is 0. The fraction of sp³-hybridized carbons (Fsp3) is 0.158. The highest BCUT2D eigenvalue weighted by Gasteiger charge is 2.21. The standard InChI is InChI=1S/C19H17NO4S/c1-13(15-7-9-18-19(11-15)24-12-23-18)20-25(21,22)17-8-6-14-4-2-3-5-16(14)10-17/h2-11,13,20H,12H2,1H3/t13-/m0/s1. The first-order valence-corrected chi connectivity index (χ1v) is 9.42. The molecule has 0 aromatic heterocycles. The Hall–Kier alpha value is -2.57. The Bertz CT molecular complexity index is 1050. The SMILES string of the molecule is C[C@H](NS(=O)(=O)c1ccc2ccccc2c1)c1ccc2c(c1)OCO2. The van der Waals surface area contributed by atoms with Crippen molar-refractivity contribution in [2.45, 2.75) is 17.9 Å². The first-order chi connectivity index (χ1) is 12.0. The van der Waals surface area contributed by atoms with Crippen LogP contribution in [0.2, 0.25) is 0 Å². The summed E-state index contributed by atoms with van der Waals surface area (Å²) in [6, 6.07) is 17.8. The van der Waals surface area contributed by atoms with E-state index in [0.717, 1.165) is 16.3 Å². The number of rotatable bonds is 4. The summed E-state index contributed by atoms with van der Waals surface area (Å²) in [6.07, 6.45) is 0. The predicted molar refractivity (Wildman–Crippen MR) is 95.2 cm³/mol. The van der Waals surface area contributed by atoms with Gasteiger partial charge in [0, 0.05) is 6.04 Å². The Morgan fingerprint density at radius 2 is 1.68 bits per heavy atom. The maximum atomic E-state index is 12.7. The van der Waals surface area contributed by atoms with Crippen LogP contribution in [0.15, 0.2) is 65.6 Å². The first kappa shape index (κ1) is 15.9. The van der Waals surface area contributed by atoms with Gasteiger partial charge in [0.15, 0.2) is 11.5 Å². The van der Waals surface area contributed by atoms with Gasteiger partial charge in [-0.1, -0.05) is 36.4 Å². The molecule has 0 saturated heterocycles. The summed E-state index contributed by atoms with van der Waals surface area (Å²) in [5.74, 6) is 1.31. The van der Waals surface area contributed by atoms with Gasteiger partial charge >= 0.3 is 0 Å². The fourth-order valence-corrected chi connectivity index (χ4v) is 4.15. The van der Waals surface area contributed by atoms with Crippen LogP contribution in [0, 0.1) is 0 Å². The van der Waals surface area contributed by atoms with Gasteiger partial charge < -0.3 is 9.47 Å². The minimum atomic E-state index is -3.64. The molecule has 1 aliphatic heterocycles. The molecule has 25 heavy (non-hydrogen) atoms. The lowest BCUT2D eigenvalue weighted by Crippen LogP contribution is -2.26. The van der Waals surface area contributed by atoms with Crippen LogP contribution in [0.25, 0.3) is 10.8 Å². The normalized spacial score (nSPS) is 14.6. The molecule has 0 amide bonds. The van der Waals surface area contributed by atoms with Gasteiger partial charge in [-0.3, -0.25) is 0 Å². The van der Waals surface area contributed by atoms with E-state index in [0.29, 0.717) is 11.5 Å².